The lowest BCUT2D eigenvalue weighted by molar-refractivity contribution is -0.142. The Hall–Kier alpha value is -2.50. The van der Waals surface area contributed by atoms with Gasteiger partial charge in [-0.05, 0) is 44.2 Å². The van der Waals surface area contributed by atoms with Gasteiger partial charge in [0.05, 0.1) is 13.7 Å². The maximum absolute atomic E-state index is 13.4. The highest BCUT2D eigenvalue weighted by atomic mass is 79.9. The van der Waals surface area contributed by atoms with Gasteiger partial charge in [-0.2, -0.15) is 5.09 Å². The number of halogens is 1. The molecule has 0 spiro atoms. The summed E-state index contributed by atoms with van der Waals surface area (Å²) >= 11 is 3.31. The van der Waals surface area contributed by atoms with Crippen molar-refractivity contribution in [2.45, 2.75) is 32.2 Å². The van der Waals surface area contributed by atoms with E-state index in [1.54, 1.807) is 43.3 Å². The van der Waals surface area contributed by atoms with Crippen molar-refractivity contribution in [2.24, 2.45) is 0 Å². The van der Waals surface area contributed by atoms with Gasteiger partial charge in [-0.1, -0.05) is 22.0 Å². The number of aromatic nitrogens is 2. The molecule has 2 aromatic rings. The van der Waals surface area contributed by atoms with E-state index in [2.05, 4.69) is 30.7 Å². The first kappa shape index (κ1) is 25.1. The van der Waals surface area contributed by atoms with Gasteiger partial charge in [-0.3, -0.25) is 23.7 Å². The number of methoxy groups -OCH3 is 1. The molecule has 13 heteroatoms. The predicted octanol–water partition coefficient (Wildman–Crippen LogP) is 2.42. The molecule has 4 unspecified atom stereocenters. The Bertz CT molecular complexity index is 1190. The Morgan fingerprint density at radius 1 is 1.30 bits per heavy atom. The molecule has 1 aromatic carbocycles. The average molecular weight is 544 g/mol. The number of nitrogens with zero attached hydrogens (tertiary/aromatic N) is 1. The van der Waals surface area contributed by atoms with Crippen LogP contribution in [0.25, 0.3) is 0 Å². The lowest BCUT2D eigenvalue weighted by atomic mass is 10.3. The number of esters is 1. The zero-order chi connectivity index (χ0) is 24.2. The molecule has 0 amide bonds. The summed E-state index contributed by atoms with van der Waals surface area (Å²) in [5, 5.41) is 2.55. The smallest absolute Gasteiger partial charge is 0.459 e. The van der Waals surface area contributed by atoms with Gasteiger partial charge in [0.2, 0.25) is 0 Å². The first-order valence-electron chi connectivity index (χ1n) is 9.81. The van der Waals surface area contributed by atoms with E-state index in [1.165, 1.54) is 24.8 Å². The van der Waals surface area contributed by atoms with Crippen LogP contribution in [0, 0.1) is 6.92 Å². The molecule has 0 bridgehead atoms. The molecule has 1 aliphatic rings. The Kier molecular flexibility index (Phi) is 8.09. The predicted molar refractivity (Wildman–Crippen MR) is 122 cm³/mol. The number of carbonyl (C=O) groups excluding carboxylic acids is 1. The average Bonchev–Trinajstić information content (AvgIpc) is 3.25. The zero-order valence-electron chi connectivity index (χ0n) is 18.0. The molecule has 0 saturated heterocycles. The largest absolute Gasteiger partial charge is 0.468 e. The van der Waals surface area contributed by atoms with Gasteiger partial charge in [0.15, 0.2) is 6.23 Å². The van der Waals surface area contributed by atoms with Crippen molar-refractivity contribution < 1.29 is 27.9 Å². The Morgan fingerprint density at radius 3 is 2.67 bits per heavy atom. The van der Waals surface area contributed by atoms with Crippen LogP contribution in [0.3, 0.4) is 0 Å². The fourth-order valence-electron chi connectivity index (χ4n) is 2.88. The normalized spacial score (nSPS) is 20.2. The Balaban J connectivity index is 1.71. The Morgan fingerprint density at radius 2 is 2.00 bits per heavy atom. The quantitative estimate of drug-likeness (QED) is 0.277. The van der Waals surface area contributed by atoms with Crippen molar-refractivity contribution >= 4 is 29.6 Å². The number of H-pyrrole nitrogens is 1. The topological polar surface area (TPSA) is 138 Å². The van der Waals surface area contributed by atoms with Crippen molar-refractivity contribution in [1.82, 2.24) is 14.6 Å². The monoisotopic (exact) mass is 543 g/mol. The number of ether oxygens (including phenoxy) is 2. The van der Waals surface area contributed by atoms with Crippen LogP contribution < -0.4 is 20.9 Å². The van der Waals surface area contributed by atoms with E-state index in [0.717, 1.165) is 4.47 Å². The van der Waals surface area contributed by atoms with E-state index in [-0.39, 0.29) is 12.4 Å². The molecular formula is C20H23BrN3O8P. The number of benzene rings is 1. The van der Waals surface area contributed by atoms with Crippen LogP contribution in [0.15, 0.2) is 56.7 Å². The maximum atomic E-state index is 13.4. The molecule has 0 aliphatic carbocycles. The van der Waals surface area contributed by atoms with Crippen LogP contribution >= 0.6 is 23.7 Å². The van der Waals surface area contributed by atoms with E-state index >= 15 is 0 Å². The standard InChI is InChI=1S/C20H23BrN3O8P/c1-12-10-24(20(27)22-18(12)25)17-9-8-16(31-17)11-30-33(28,23-13(2)19(26)29-3)32-15-6-4-14(21)5-7-15/h4-10,13,16-17H,11H2,1-3H3,(H,23,28)(H,22,25,27). The van der Waals surface area contributed by atoms with E-state index in [9.17, 15) is 18.9 Å². The van der Waals surface area contributed by atoms with E-state index in [4.69, 9.17) is 13.8 Å². The molecule has 11 nitrogen and oxygen atoms in total. The van der Waals surface area contributed by atoms with Gasteiger partial charge < -0.3 is 14.0 Å². The second kappa shape index (κ2) is 10.6. The third-order valence-electron chi connectivity index (χ3n) is 4.58. The highest BCUT2D eigenvalue weighted by Crippen LogP contribution is 2.45. The number of aromatic amines is 1. The van der Waals surface area contributed by atoms with Crippen LogP contribution in [0.1, 0.15) is 18.7 Å². The van der Waals surface area contributed by atoms with Gasteiger partial charge in [0, 0.05) is 16.2 Å². The van der Waals surface area contributed by atoms with Crippen LogP contribution in [0.2, 0.25) is 0 Å². The van der Waals surface area contributed by atoms with Gasteiger partial charge >= 0.3 is 19.4 Å². The van der Waals surface area contributed by atoms with E-state index < -0.39 is 43.3 Å². The summed E-state index contributed by atoms with van der Waals surface area (Å²) in [6.07, 6.45) is 3.17. The van der Waals surface area contributed by atoms with E-state index in [1.807, 2.05) is 0 Å². The minimum Gasteiger partial charge on any atom is -0.468 e. The van der Waals surface area contributed by atoms with E-state index in [0.29, 0.717) is 5.56 Å². The number of aryl methyl sites for hydroxylation is 1. The fraction of sp³-hybridized carbons (Fsp3) is 0.350. The molecule has 0 fully saturated rings. The van der Waals surface area contributed by atoms with Crippen LogP contribution in [-0.2, 0) is 23.4 Å². The fourth-order valence-corrected chi connectivity index (χ4v) is 4.65. The molecule has 3 rings (SSSR count). The molecule has 1 aromatic heterocycles. The molecule has 178 valence electrons. The van der Waals surface area contributed by atoms with Crippen LogP contribution in [0.5, 0.6) is 5.75 Å². The summed E-state index contributed by atoms with van der Waals surface area (Å²) in [5.41, 5.74) is -0.755. The lowest BCUT2D eigenvalue weighted by Gasteiger charge is -2.24. The molecule has 2 heterocycles. The first-order valence-corrected chi connectivity index (χ1v) is 12.1. The van der Waals surface area contributed by atoms with Crippen molar-refractivity contribution in [3.8, 4) is 5.75 Å². The summed E-state index contributed by atoms with van der Waals surface area (Å²) in [7, 11) is -2.84. The second-order valence-corrected chi connectivity index (χ2v) is 9.75. The molecule has 1 aliphatic heterocycles. The third kappa shape index (κ3) is 6.52. The number of nitrogens with one attached hydrogen (secondary N) is 2. The molecule has 4 atom stereocenters. The minimum atomic E-state index is -4.04. The summed E-state index contributed by atoms with van der Waals surface area (Å²) in [6, 6.07) is 5.57. The van der Waals surface area contributed by atoms with Crippen molar-refractivity contribution in [2.75, 3.05) is 13.7 Å². The first-order chi connectivity index (χ1) is 15.6. The Labute approximate surface area is 197 Å². The zero-order valence-corrected chi connectivity index (χ0v) is 20.5. The van der Waals surface area contributed by atoms with Gasteiger partial charge in [0.25, 0.3) is 5.56 Å². The van der Waals surface area contributed by atoms with Gasteiger partial charge in [-0.15, -0.1) is 0 Å². The minimum absolute atomic E-state index is 0.210. The molecule has 0 saturated carbocycles. The molecular weight excluding hydrogens is 521 g/mol. The SMILES string of the molecule is COC(=O)C(C)NP(=O)(OCC1C=CC(n2cc(C)c(=O)[nH]c2=O)O1)Oc1ccc(Br)cc1. The number of carbonyl (C=O) groups is 1. The van der Waals surface area contributed by atoms with Crippen molar-refractivity contribution in [3.63, 3.8) is 0 Å². The third-order valence-corrected chi connectivity index (χ3v) is 6.75. The highest BCUT2D eigenvalue weighted by Gasteiger charge is 2.34. The lowest BCUT2D eigenvalue weighted by Crippen LogP contribution is -2.35. The summed E-state index contributed by atoms with van der Waals surface area (Å²) in [5.74, 6) is -0.398. The van der Waals surface area contributed by atoms with Crippen molar-refractivity contribution in [3.05, 3.63) is 73.5 Å². The van der Waals surface area contributed by atoms with Crippen LogP contribution in [-0.4, -0.2) is 41.4 Å². The molecule has 0 radical (unpaired) electrons. The van der Waals surface area contributed by atoms with Gasteiger partial charge in [-0.25, -0.2) is 9.36 Å². The molecule has 33 heavy (non-hydrogen) atoms. The number of hydrogen-bond donors (Lipinski definition) is 2. The summed E-state index contributed by atoms with van der Waals surface area (Å²) in [6.45, 7) is 2.82. The number of hydrogen-bond acceptors (Lipinski definition) is 8. The summed E-state index contributed by atoms with van der Waals surface area (Å²) < 4.78 is 36.9. The molecule has 2 N–H and O–H groups in total. The highest BCUT2D eigenvalue weighted by molar-refractivity contribution is 9.10. The van der Waals surface area contributed by atoms with Gasteiger partial charge in [0.1, 0.15) is 17.9 Å². The van der Waals surface area contributed by atoms with Crippen LogP contribution in [0.4, 0.5) is 0 Å². The van der Waals surface area contributed by atoms with Crippen molar-refractivity contribution in [1.29, 1.82) is 0 Å². The number of rotatable bonds is 9. The maximum Gasteiger partial charge on any atom is 0.459 e. The summed E-state index contributed by atoms with van der Waals surface area (Å²) in [4.78, 5) is 37.7. The second-order valence-electron chi connectivity index (χ2n) is 7.14.